The van der Waals surface area contributed by atoms with Crippen LogP contribution in [0.5, 0.6) is 0 Å². The number of sulfone groups is 1. The molecule has 0 spiro atoms. The fourth-order valence-electron chi connectivity index (χ4n) is 2.24. The zero-order chi connectivity index (χ0) is 14.8. The van der Waals surface area contributed by atoms with E-state index in [9.17, 15) is 8.42 Å². The number of nitrogens with two attached hydrogens (primary N) is 1. The third-order valence-corrected chi connectivity index (χ3v) is 5.95. The van der Waals surface area contributed by atoms with Crippen LogP contribution >= 0.6 is 11.8 Å². The Bertz CT molecular complexity index is 638. The zero-order valence-corrected chi connectivity index (χ0v) is 12.9. The third-order valence-electron chi connectivity index (χ3n) is 3.31. The molecule has 1 aromatic rings. The van der Waals surface area contributed by atoms with Crippen molar-refractivity contribution < 1.29 is 8.42 Å². The van der Waals surface area contributed by atoms with Crippen LogP contribution in [0.15, 0.2) is 18.2 Å². The van der Waals surface area contributed by atoms with Crippen molar-refractivity contribution in [3.63, 3.8) is 0 Å². The highest BCUT2D eigenvalue weighted by atomic mass is 32.2. The van der Waals surface area contributed by atoms with Crippen molar-refractivity contribution in [2.24, 2.45) is 0 Å². The normalized spacial score (nSPS) is 19.6. The standard InChI is InChI=1S/C13H17N3O2S2/c1-20(17,18)13-9-19-7-6-16(13)11-2-3-12(15)10(8-11)4-5-14/h2-3,8,13H,4,6-7,9,15H2,1H3. The Hall–Kier alpha value is -1.39. The van der Waals surface area contributed by atoms with Gasteiger partial charge in [-0.2, -0.15) is 17.0 Å². The van der Waals surface area contributed by atoms with Gasteiger partial charge in [0.15, 0.2) is 9.84 Å². The summed E-state index contributed by atoms with van der Waals surface area (Å²) in [5, 5.41) is 8.29. The molecule has 1 aliphatic rings. The lowest BCUT2D eigenvalue weighted by Crippen LogP contribution is -2.47. The second-order valence-corrected chi connectivity index (χ2v) is 8.12. The summed E-state index contributed by atoms with van der Waals surface area (Å²) in [4.78, 5) is 1.89. The first-order valence-corrected chi connectivity index (χ1v) is 9.33. The molecule has 1 fully saturated rings. The lowest BCUT2D eigenvalue weighted by atomic mass is 10.1. The van der Waals surface area contributed by atoms with Gasteiger partial charge in [-0.3, -0.25) is 0 Å². The predicted molar refractivity (Wildman–Crippen MR) is 83.5 cm³/mol. The molecule has 7 heteroatoms. The molecule has 20 heavy (non-hydrogen) atoms. The molecule has 108 valence electrons. The van der Waals surface area contributed by atoms with Crippen LogP contribution in [0.25, 0.3) is 0 Å². The van der Waals surface area contributed by atoms with Crippen molar-refractivity contribution in [1.82, 2.24) is 0 Å². The van der Waals surface area contributed by atoms with E-state index < -0.39 is 15.2 Å². The molecule has 0 aliphatic carbocycles. The summed E-state index contributed by atoms with van der Waals surface area (Å²) in [6, 6.07) is 7.46. The van der Waals surface area contributed by atoms with Gasteiger partial charge in [-0.1, -0.05) is 0 Å². The van der Waals surface area contributed by atoms with E-state index >= 15 is 0 Å². The molecule has 0 saturated carbocycles. The predicted octanol–water partition coefficient (Wildman–Crippen LogP) is 1.26. The fourth-order valence-corrected chi connectivity index (χ4v) is 5.08. The highest BCUT2D eigenvalue weighted by Gasteiger charge is 2.31. The Balaban J connectivity index is 2.38. The van der Waals surface area contributed by atoms with E-state index in [1.165, 1.54) is 6.26 Å². The monoisotopic (exact) mass is 311 g/mol. The molecule has 0 aromatic heterocycles. The Morgan fingerprint density at radius 1 is 1.55 bits per heavy atom. The fraction of sp³-hybridized carbons (Fsp3) is 0.462. The van der Waals surface area contributed by atoms with Crippen molar-refractivity contribution in [3.05, 3.63) is 23.8 Å². The van der Waals surface area contributed by atoms with Crippen LogP contribution in [0.4, 0.5) is 11.4 Å². The van der Waals surface area contributed by atoms with E-state index in [2.05, 4.69) is 6.07 Å². The Morgan fingerprint density at radius 2 is 2.30 bits per heavy atom. The quantitative estimate of drug-likeness (QED) is 0.846. The number of hydrogen-bond acceptors (Lipinski definition) is 6. The maximum atomic E-state index is 11.9. The minimum atomic E-state index is -3.15. The van der Waals surface area contributed by atoms with Crippen LogP contribution in [0.3, 0.4) is 0 Å². The molecule has 1 aromatic carbocycles. The molecule has 5 nitrogen and oxygen atoms in total. The van der Waals surface area contributed by atoms with Gasteiger partial charge >= 0.3 is 0 Å². The summed E-state index contributed by atoms with van der Waals surface area (Å²) in [5.74, 6) is 1.46. The molecule has 0 bridgehead atoms. The maximum absolute atomic E-state index is 11.9. The van der Waals surface area contributed by atoms with Gasteiger partial charge in [0.1, 0.15) is 5.37 Å². The topological polar surface area (TPSA) is 87.2 Å². The van der Waals surface area contributed by atoms with Crippen LogP contribution in [-0.2, 0) is 16.3 Å². The van der Waals surface area contributed by atoms with Crippen LogP contribution in [0.2, 0.25) is 0 Å². The first-order chi connectivity index (χ1) is 9.43. The molecule has 1 saturated heterocycles. The van der Waals surface area contributed by atoms with Gasteiger partial charge in [0.2, 0.25) is 0 Å². The highest BCUT2D eigenvalue weighted by molar-refractivity contribution is 8.01. The first-order valence-electron chi connectivity index (χ1n) is 6.22. The summed E-state index contributed by atoms with van der Waals surface area (Å²) in [5.41, 5.74) is 7.97. The number of anilines is 2. The van der Waals surface area contributed by atoms with Gasteiger partial charge in [-0.15, -0.1) is 0 Å². The van der Waals surface area contributed by atoms with Crippen molar-refractivity contribution in [3.8, 4) is 6.07 Å². The summed E-state index contributed by atoms with van der Waals surface area (Å²) in [6.45, 7) is 0.679. The van der Waals surface area contributed by atoms with Gasteiger partial charge in [-0.25, -0.2) is 8.42 Å². The van der Waals surface area contributed by atoms with E-state index in [4.69, 9.17) is 11.0 Å². The van der Waals surface area contributed by atoms with Gasteiger partial charge in [0.05, 0.1) is 12.5 Å². The number of hydrogen-bond donors (Lipinski definition) is 1. The van der Waals surface area contributed by atoms with Crippen LogP contribution in [0.1, 0.15) is 5.56 Å². The van der Waals surface area contributed by atoms with E-state index in [1.54, 1.807) is 17.8 Å². The van der Waals surface area contributed by atoms with Crippen molar-refractivity contribution in [1.29, 1.82) is 5.26 Å². The summed E-state index contributed by atoms with van der Waals surface area (Å²) < 4.78 is 23.8. The van der Waals surface area contributed by atoms with E-state index in [-0.39, 0.29) is 6.42 Å². The summed E-state index contributed by atoms with van der Waals surface area (Å²) >= 11 is 1.65. The average Bonchev–Trinajstić information content (AvgIpc) is 2.41. The maximum Gasteiger partial charge on any atom is 0.169 e. The largest absolute Gasteiger partial charge is 0.398 e. The molecule has 0 amide bonds. The van der Waals surface area contributed by atoms with Gasteiger partial charge in [-0.05, 0) is 23.8 Å². The van der Waals surface area contributed by atoms with Crippen molar-refractivity contribution in [2.75, 3.05) is 34.9 Å². The Morgan fingerprint density at radius 3 is 2.95 bits per heavy atom. The van der Waals surface area contributed by atoms with E-state index in [1.807, 2.05) is 17.0 Å². The first kappa shape index (κ1) is 15.0. The van der Waals surface area contributed by atoms with Crippen LogP contribution < -0.4 is 10.6 Å². The number of nitrogens with zero attached hydrogens (tertiary/aromatic N) is 2. The number of nitriles is 1. The van der Waals surface area contributed by atoms with Gasteiger partial charge < -0.3 is 10.6 Å². The lowest BCUT2D eigenvalue weighted by Gasteiger charge is -2.36. The van der Waals surface area contributed by atoms with Crippen molar-refractivity contribution >= 4 is 33.0 Å². The zero-order valence-electron chi connectivity index (χ0n) is 11.2. The highest BCUT2D eigenvalue weighted by Crippen LogP contribution is 2.29. The van der Waals surface area contributed by atoms with E-state index in [0.717, 1.165) is 17.0 Å². The molecule has 2 rings (SSSR count). The molecule has 1 unspecified atom stereocenters. The van der Waals surface area contributed by atoms with Gasteiger partial charge in [0.25, 0.3) is 0 Å². The molecule has 0 radical (unpaired) electrons. The SMILES string of the molecule is CS(=O)(=O)C1CSCCN1c1ccc(N)c(CC#N)c1. The Labute approximate surface area is 123 Å². The van der Waals surface area contributed by atoms with E-state index in [0.29, 0.717) is 18.0 Å². The number of thioether (sulfide) groups is 1. The molecule has 2 N–H and O–H groups in total. The summed E-state index contributed by atoms with van der Waals surface area (Å²) in [6.07, 6.45) is 1.50. The second-order valence-electron chi connectivity index (χ2n) is 4.77. The molecular formula is C13H17N3O2S2. The Kier molecular flexibility index (Phi) is 4.45. The third kappa shape index (κ3) is 3.19. The number of rotatable bonds is 3. The van der Waals surface area contributed by atoms with Crippen LogP contribution in [-0.4, -0.2) is 38.1 Å². The molecule has 1 heterocycles. The smallest absolute Gasteiger partial charge is 0.169 e. The van der Waals surface area contributed by atoms with Gasteiger partial charge in [0, 0.05) is 35.7 Å². The van der Waals surface area contributed by atoms with Crippen LogP contribution in [0, 0.1) is 11.3 Å². The molecule has 1 aliphatic heterocycles. The molecule has 1 atom stereocenters. The second kappa shape index (κ2) is 5.94. The average molecular weight is 311 g/mol. The lowest BCUT2D eigenvalue weighted by molar-refractivity contribution is 0.584. The number of nitrogen functional groups attached to an aromatic ring is 1. The summed E-state index contributed by atoms with van der Waals surface area (Å²) in [7, 11) is -3.15. The number of benzene rings is 1. The molecular weight excluding hydrogens is 294 g/mol. The minimum absolute atomic E-state index is 0.228. The van der Waals surface area contributed by atoms with Crippen molar-refractivity contribution in [2.45, 2.75) is 11.8 Å². The minimum Gasteiger partial charge on any atom is -0.398 e.